The second kappa shape index (κ2) is 8.88. The first-order valence-electron chi connectivity index (χ1n) is 10.3. The predicted molar refractivity (Wildman–Crippen MR) is 116 cm³/mol. The smallest absolute Gasteiger partial charge is 0.255 e. The summed E-state index contributed by atoms with van der Waals surface area (Å²) in [6.07, 6.45) is 1.67. The molecule has 0 N–H and O–H groups in total. The third-order valence-corrected chi connectivity index (χ3v) is 5.42. The Bertz CT molecular complexity index is 1170. The number of ether oxygens (including phenoxy) is 1. The van der Waals surface area contributed by atoms with Gasteiger partial charge in [-0.25, -0.2) is 9.97 Å². The van der Waals surface area contributed by atoms with Crippen molar-refractivity contribution in [1.82, 2.24) is 24.9 Å². The van der Waals surface area contributed by atoms with Crippen LogP contribution in [0.25, 0.3) is 11.3 Å². The van der Waals surface area contributed by atoms with E-state index in [4.69, 9.17) is 9.26 Å². The average Bonchev–Trinajstić information content (AvgIpc) is 3.34. The Balaban J connectivity index is 1.60. The van der Waals surface area contributed by atoms with Crippen molar-refractivity contribution in [2.45, 2.75) is 26.9 Å². The Hall–Kier alpha value is -3.59. The van der Waals surface area contributed by atoms with Crippen LogP contribution in [0.3, 0.4) is 0 Å². The maximum atomic E-state index is 13.4. The zero-order valence-corrected chi connectivity index (χ0v) is 18.6. The number of carbonyl (C=O) groups is 2. The standard InChI is InChI=1S/C23H25N5O4/c1-14-10-20(32-26-14)18-11-24-15(2)25-19(18)13-27(3)22(29)17-7-5-6-16-12-28(8-9-31-4)23(30)21(16)17/h5-7,10-11H,8-9,12-13H2,1-4H3. The lowest BCUT2D eigenvalue weighted by Crippen LogP contribution is -2.31. The summed E-state index contributed by atoms with van der Waals surface area (Å²) < 4.78 is 10.5. The first-order chi connectivity index (χ1) is 15.4. The summed E-state index contributed by atoms with van der Waals surface area (Å²) in [7, 11) is 3.29. The summed E-state index contributed by atoms with van der Waals surface area (Å²) in [5.41, 5.74) is 3.76. The van der Waals surface area contributed by atoms with Gasteiger partial charge in [0, 0.05) is 39.5 Å². The Morgan fingerprint density at radius 1 is 1.31 bits per heavy atom. The number of hydrogen-bond donors (Lipinski definition) is 0. The minimum absolute atomic E-state index is 0.148. The lowest BCUT2D eigenvalue weighted by molar-refractivity contribution is 0.0706. The molecule has 3 aromatic rings. The minimum atomic E-state index is -0.250. The summed E-state index contributed by atoms with van der Waals surface area (Å²) in [5, 5.41) is 3.93. The van der Waals surface area contributed by atoms with Crippen LogP contribution in [-0.4, -0.2) is 64.0 Å². The lowest BCUT2D eigenvalue weighted by Gasteiger charge is -2.19. The quantitative estimate of drug-likeness (QED) is 0.562. The maximum absolute atomic E-state index is 13.4. The number of rotatable bonds is 7. The first-order valence-corrected chi connectivity index (χ1v) is 10.3. The molecule has 0 spiro atoms. The van der Waals surface area contributed by atoms with E-state index in [9.17, 15) is 9.59 Å². The minimum Gasteiger partial charge on any atom is -0.383 e. The van der Waals surface area contributed by atoms with Gasteiger partial charge in [0.2, 0.25) is 0 Å². The molecular formula is C23H25N5O4. The van der Waals surface area contributed by atoms with Gasteiger partial charge in [-0.05, 0) is 25.5 Å². The third kappa shape index (κ3) is 4.11. The van der Waals surface area contributed by atoms with E-state index in [1.165, 1.54) is 0 Å². The fourth-order valence-corrected chi connectivity index (χ4v) is 3.82. The predicted octanol–water partition coefficient (Wildman–Crippen LogP) is 2.62. The van der Waals surface area contributed by atoms with E-state index in [2.05, 4.69) is 15.1 Å². The van der Waals surface area contributed by atoms with Crippen LogP contribution in [0.5, 0.6) is 0 Å². The fraction of sp³-hybridized carbons (Fsp3) is 0.348. The van der Waals surface area contributed by atoms with Crippen LogP contribution in [0.15, 0.2) is 35.0 Å². The molecule has 0 atom stereocenters. The fourth-order valence-electron chi connectivity index (χ4n) is 3.82. The number of aromatic nitrogens is 3. The average molecular weight is 435 g/mol. The van der Waals surface area contributed by atoms with E-state index in [0.29, 0.717) is 53.7 Å². The van der Waals surface area contributed by atoms with Crippen LogP contribution in [-0.2, 0) is 17.8 Å². The van der Waals surface area contributed by atoms with E-state index in [-0.39, 0.29) is 18.4 Å². The maximum Gasteiger partial charge on any atom is 0.255 e. The lowest BCUT2D eigenvalue weighted by atomic mass is 10.0. The molecule has 0 radical (unpaired) electrons. The van der Waals surface area contributed by atoms with E-state index < -0.39 is 0 Å². The molecular weight excluding hydrogens is 410 g/mol. The van der Waals surface area contributed by atoms with Crippen LogP contribution in [0, 0.1) is 13.8 Å². The highest BCUT2D eigenvalue weighted by molar-refractivity contribution is 6.09. The van der Waals surface area contributed by atoms with Gasteiger partial charge in [-0.3, -0.25) is 9.59 Å². The Kier molecular flexibility index (Phi) is 6.00. The Morgan fingerprint density at radius 2 is 2.12 bits per heavy atom. The summed E-state index contributed by atoms with van der Waals surface area (Å²) in [6, 6.07) is 7.19. The number of fused-ring (bicyclic) bond motifs is 1. The second-order valence-electron chi connectivity index (χ2n) is 7.83. The van der Waals surface area contributed by atoms with Crippen molar-refractivity contribution in [3.05, 3.63) is 64.4 Å². The number of methoxy groups -OCH3 is 1. The monoisotopic (exact) mass is 435 g/mol. The van der Waals surface area contributed by atoms with E-state index in [1.807, 2.05) is 19.1 Å². The number of amides is 2. The van der Waals surface area contributed by atoms with Crippen molar-refractivity contribution in [1.29, 1.82) is 0 Å². The second-order valence-corrected chi connectivity index (χ2v) is 7.83. The van der Waals surface area contributed by atoms with Crippen molar-refractivity contribution < 1.29 is 18.8 Å². The molecule has 2 aromatic heterocycles. The number of aryl methyl sites for hydroxylation is 2. The van der Waals surface area contributed by atoms with Crippen molar-refractivity contribution in [2.24, 2.45) is 0 Å². The highest BCUT2D eigenvalue weighted by Gasteiger charge is 2.32. The van der Waals surface area contributed by atoms with Crippen LogP contribution in [0.4, 0.5) is 0 Å². The van der Waals surface area contributed by atoms with E-state index in [0.717, 1.165) is 11.3 Å². The van der Waals surface area contributed by atoms with Crippen molar-refractivity contribution in [3.8, 4) is 11.3 Å². The van der Waals surface area contributed by atoms with Crippen molar-refractivity contribution >= 4 is 11.8 Å². The summed E-state index contributed by atoms with van der Waals surface area (Å²) >= 11 is 0. The normalized spacial score (nSPS) is 12.9. The van der Waals surface area contributed by atoms with Gasteiger partial charge in [-0.2, -0.15) is 0 Å². The highest BCUT2D eigenvalue weighted by Crippen LogP contribution is 2.28. The molecule has 0 aliphatic carbocycles. The third-order valence-electron chi connectivity index (χ3n) is 5.42. The summed E-state index contributed by atoms with van der Waals surface area (Å²) in [4.78, 5) is 38.4. The van der Waals surface area contributed by atoms with Gasteiger partial charge in [0.25, 0.3) is 11.8 Å². The van der Waals surface area contributed by atoms with Gasteiger partial charge >= 0.3 is 0 Å². The zero-order chi connectivity index (χ0) is 22.8. The van der Waals surface area contributed by atoms with Gasteiger partial charge in [-0.1, -0.05) is 17.3 Å². The molecule has 0 unspecified atom stereocenters. The van der Waals surface area contributed by atoms with Crippen LogP contribution in [0.1, 0.15) is 43.5 Å². The molecule has 9 nitrogen and oxygen atoms in total. The van der Waals surface area contributed by atoms with Gasteiger partial charge in [0.15, 0.2) is 5.76 Å². The van der Waals surface area contributed by atoms with E-state index >= 15 is 0 Å². The molecule has 0 saturated heterocycles. The highest BCUT2D eigenvalue weighted by atomic mass is 16.5. The zero-order valence-electron chi connectivity index (χ0n) is 18.6. The van der Waals surface area contributed by atoms with Crippen LogP contribution < -0.4 is 0 Å². The molecule has 0 fully saturated rings. The molecule has 2 amide bonds. The molecule has 9 heteroatoms. The van der Waals surface area contributed by atoms with Crippen molar-refractivity contribution in [3.63, 3.8) is 0 Å². The van der Waals surface area contributed by atoms with Gasteiger partial charge in [0.1, 0.15) is 5.82 Å². The molecule has 32 heavy (non-hydrogen) atoms. The number of benzene rings is 1. The molecule has 1 aliphatic rings. The molecule has 4 rings (SSSR count). The summed E-state index contributed by atoms with van der Waals surface area (Å²) in [6.45, 7) is 5.25. The molecule has 1 aromatic carbocycles. The van der Waals surface area contributed by atoms with Gasteiger partial charge in [-0.15, -0.1) is 0 Å². The number of carbonyl (C=O) groups excluding carboxylic acids is 2. The number of nitrogens with zero attached hydrogens (tertiary/aromatic N) is 5. The van der Waals surface area contributed by atoms with E-state index in [1.54, 1.807) is 49.2 Å². The largest absolute Gasteiger partial charge is 0.383 e. The molecule has 0 bridgehead atoms. The molecule has 1 aliphatic heterocycles. The van der Waals surface area contributed by atoms with Crippen LogP contribution in [0.2, 0.25) is 0 Å². The van der Waals surface area contributed by atoms with Gasteiger partial charge < -0.3 is 19.1 Å². The van der Waals surface area contributed by atoms with Gasteiger partial charge in [0.05, 0.1) is 41.2 Å². The Morgan fingerprint density at radius 3 is 2.84 bits per heavy atom. The Labute approximate surface area is 186 Å². The first kappa shape index (κ1) is 21.6. The van der Waals surface area contributed by atoms with Crippen molar-refractivity contribution in [2.75, 3.05) is 27.3 Å². The number of hydrogen-bond acceptors (Lipinski definition) is 7. The topological polar surface area (TPSA) is 102 Å². The molecule has 166 valence electrons. The summed E-state index contributed by atoms with van der Waals surface area (Å²) in [5.74, 6) is 0.734. The SMILES string of the molecule is COCCN1Cc2cccc(C(=O)N(C)Cc3nc(C)ncc3-c3cc(C)no3)c2C1=O. The molecule has 3 heterocycles. The molecule has 0 saturated carbocycles. The van der Waals surface area contributed by atoms with Crippen LogP contribution >= 0.6 is 0 Å².